The van der Waals surface area contributed by atoms with Gasteiger partial charge in [0.05, 0.1) is 0 Å². The molecule has 110 valence electrons. The van der Waals surface area contributed by atoms with Crippen molar-refractivity contribution in [1.29, 1.82) is 0 Å². The fourth-order valence-electron chi connectivity index (χ4n) is 3.64. The number of rotatable bonds is 5. The summed E-state index contributed by atoms with van der Waals surface area (Å²) in [6, 6.07) is 0.211. The van der Waals surface area contributed by atoms with Gasteiger partial charge in [-0.3, -0.25) is 4.79 Å². The summed E-state index contributed by atoms with van der Waals surface area (Å²) in [7, 11) is 0. The van der Waals surface area contributed by atoms with Crippen molar-refractivity contribution in [3.05, 3.63) is 0 Å². The quantitative estimate of drug-likeness (QED) is 0.752. The smallest absolute Gasteiger partial charge is 0.223 e. The van der Waals surface area contributed by atoms with Crippen molar-refractivity contribution in [3.8, 4) is 0 Å². The van der Waals surface area contributed by atoms with Crippen LogP contribution in [0.15, 0.2) is 0 Å². The van der Waals surface area contributed by atoms with Crippen LogP contribution in [-0.2, 0) is 4.79 Å². The van der Waals surface area contributed by atoms with Crippen LogP contribution >= 0.6 is 0 Å². The average Bonchev–Trinajstić information content (AvgIpc) is 2.91. The minimum Gasteiger partial charge on any atom is -0.356 e. The van der Waals surface area contributed by atoms with Gasteiger partial charge in [-0.1, -0.05) is 32.6 Å². The molecule has 2 fully saturated rings. The van der Waals surface area contributed by atoms with Crippen LogP contribution in [0.1, 0.15) is 64.7 Å². The van der Waals surface area contributed by atoms with Gasteiger partial charge >= 0.3 is 0 Å². The van der Waals surface area contributed by atoms with Gasteiger partial charge in [0.1, 0.15) is 0 Å². The maximum atomic E-state index is 12.1. The lowest BCUT2D eigenvalue weighted by Gasteiger charge is -2.31. The molecule has 0 bridgehead atoms. The molecule has 3 heteroatoms. The van der Waals surface area contributed by atoms with E-state index in [0.717, 1.165) is 38.1 Å². The van der Waals surface area contributed by atoms with Crippen LogP contribution in [0.5, 0.6) is 0 Å². The van der Waals surface area contributed by atoms with E-state index in [1.54, 1.807) is 0 Å². The third kappa shape index (κ3) is 4.48. The highest BCUT2D eigenvalue weighted by Crippen LogP contribution is 2.29. The zero-order valence-electron chi connectivity index (χ0n) is 12.4. The molecule has 2 saturated carbocycles. The molecule has 2 aliphatic rings. The molecule has 0 aromatic rings. The molecule has 3 N–H and O–H groups in total. The SMILES string of the molecule is CC1CCC(C(=O)NCCCC2CCCC2)CC1N. The van der Waals surface area contributed by atoms with Gasteiger partial charge in [-0.25, -0.2) is 0 Å². The molecule has 0 saturated heterocycles. The Bertz CT molecular complexity index is 286. The number of amides is 1. The number of hydrogen-bond donors (Lipinski definition) is 2. The molecular weight excluding hydrogens is 236 g/mol. The summed E-state index contributed by atoms with van der Waals surface area (Å²) in [6.07, 6.45) is 11.1. The van der Waals surface area contributed by atoms with E-state index in [-0.39, 0.29) is 17.9 Å². The van der Waals surface area contributed by atoms with E-state index in [9.17, 15) is 4.79 Å². The Hall–Kier alpha value is -0.570. The normalized spacial score (nSPS) is 32.4. The summed E-state index contributed by atoms with van der Waals surface area (Å²) in [5, 5.41) is 3.12. The van der Waals surface area contributed by atoms with Crippen LogP contribution in [0.3, 0.4) is 0 Å². The van der Waals surface area contributed by atoms with Crippen molar-refractivity contribution in [3.63, 3.8) is 0 Å². The largest absolute Gasteiger partial charge is 0.356 e. The number of hydrogen-bond acceptors (Lipinski definition) is 2. The van der Waals surface area contributed by atoms with Gasteiger partial charge in [-0.05, 0) is 43.9 Å². The highest BCUT2D eigenvalue weighted by atomic mass is 16.1. The molecule has 0 heterocycles. The minimum absolute atomic E-state index is 0.165. The van der Waals surface area contributed by atoms with Crippen LogP contribution in [0.25, 0.3) is 0 Å². The fraction of sp³-hybridized carbons (Fsp3) is 0.938. The Morgan fingerprint density at radius 1 is 1.21 bits per heavy atom. The summed E-state index contributed by atoms with van der Waals surface area (Å²) in [5.74, 6) is 1.92. The Labute approximate surface area is 117 Å². The van der Waals surface area contributed by atoms with Crippen molar-refractivity contribution in [1.82, 2.24) is 5.32 Å². The minimum atomic E-state index is 0.165. The van der Waals surface area contributed by atoms with Gasteiger partial charge < -0.3 is 11.1 Å². The molecule has 2 aliphatic carbocycles. The molecule has 3 unspecified atom stereocenters. The monoisotopic (exact) mass is 266 g/mol. The average molecular weight is 266 g/mol. The van der Waals surface area contributed by atoms with Gasteiger partial charge in [0.15, 0.2) is 0 Å². The molecule has 3 nitrogen and oxygen atoms in total. The second-order valence-electron chi connectivity index (χ2n) is 6.73. The van der Waals surface area contributed by atoms with Crippen LogP contribution in [-0.4, -0.2) is 18.5 Å². The van der Waals surface area contributed by atoms with Gasteiger partial charge in [0.2, 0.25) is 5.91 Å². The van der Waals surface area contributed by atoms with Crippen molar-refractivity contribution in [2.45, 2.75) is 70.8 Å². The molecule has 2 rings (SSSR count). The zero-order valence-corrected chi connectivity index (χ0v) is 12.4. The maximum Gasteiger partial charge on any atom is 0.223 e. The third-order valence-corrected chi connectivity index (χ3v) is 5.19. The molecular formula is C16H30N2O. The number of carbonyl (C=O) groups is 1. The Morgan fingerprint density at radius 2 is 1.95 bits per heavy atom. The molecule has 0 spiro atoms. The first-order chi connectivity index (χ1) is 9.16. The Balaban J connectivity index is 1.58. The first-order valence-corrected chi connectivity index (χ1v) is 8.20. The molecule has 1 amide bonds. The maximum absolute atomic E-state index is 12.1. The lowest BCUT2D eigenvalue weighted by molar-refractivity contribution is -0.126. The van der Waals surface area contributed by atoms with Crippen molar-refractivity contribution in [2.75, 3.05) is 6.54 Å². The van der Waals surface area contributed by atoms with Crippen molar-refractivity contribution < 1.29 is 4.79 Å². The summed E-state index contributed by atoms with van der Waals surface area (Å²) < 4.78 is 0. The van der Waals surface area contributed by atoms with E-state index >= 15 is 0 Å². The molecule has 0 radical (unpaired) electrons. The van der Waals surface area contributed by atoms with E-state index in [4.69, 9.17) is 5.73 Å². The van der Waals surface area contributed by atoms with Gasteiger partial charge in [0.25, 0.3) is 0 Å². The molecule has 0 aromatic carbocycles. The lowest BCUT2D eigenvalue weighted by Crippen LogP contribution is -2.41. The topological polar surface area (TPSA) is 55.1 Å². The number of nitrogens with one attached hydrogen (secondary N) is 1. The van der Waals surface area contributed by atoms with E-state index in [1.165, 1.54) is 32.1 Å². The molecule has 0 aliphatic heterocycles. The molecule has 3 atom stereocenters. The number of nitrogens with two attached hydrogens (primary N) is 1. The first-order valence-electron chi connectivity index (χ1n) is 8.20. The van der Waals surface area contributed by atoms with E-state index < -0.39 is 0 Å². The van der Waals surface area contributed by atoms with Crippen LogP contribution in [0.4, 0.5) is 0 Å². The highest BCUT2D eigenvalue weighted by Gasteiger charge is 2.29. The summed E-state index contributed by atoms with van der Waals surface area (Å²) in [4.78, 5) is 12.1. The zero-order chi connectivity index (χ0) is 13.7. The van der Waals surface area contributed by atoms with E-state index in [2.05, 4.69) is 12.2 Å². The van der Waals surface area contributed by atoms with Gasteiger partial charge in [-0.2, -0.15) is 0 Å². The lowest BCUT2D eigenvalue weighted by atomic mass is 9.79. The predicted octanol–water partition coefficient (Wildman–Crippen LogP) is 2.84. The van der Waals surface area contributed by atoms with Crippen LogP contribution < -0.4 is 11.1 Å². The van der Waals surface area contributed by atoms with Gasteiger partial charge in [-0.15, -0.1) is 0 Å². The van der Waals surface area contributed by atoms with Crippen LogP contribution in [0.2, 0.25) is 0 Å². The first kappa shape index (κ1) is 14.8. The molecule has 19 heavy (non-hydrogen) atoms. The summed E-state index contributed by atoms with van der Waals surface area (Å²) in [6.45, 7) is 3.05. The second kappa shape index (κ2) is 7.28. The highest BCUT2D eigenvalue weighted by molar-refractivity contribution is 5.78. The van der Waals surface area contributed by atoms with Gasteiger partial charge in [0, 0.05) is 18.5 Å². The number of carbonyl (C=O) groups excluding carboxylic acids is 1. The second-order valence-corrected chi connectivity index (χ2v) is 6.73. The van der Waals surface area contributed by atoms with E-state index in [0.29, 0.717) is 5.92 Å². The third-order valence-electron chi connectivity index (χ3n) is 5.19. The Morgan fingerprint density at radius 3 is 2.63 bits per heavy atom. The summed E-state index contributed by atoms with van der Waals surface area (Å²) in [5.41, 5.74) is 6.06. The van der Waals surface area contributed by atoms with Crippen LogP contribution in [0, 0.1) is 17.8 Å². The molecule has 0 aromatic heterocycles. The van der Waals surface area contributed by atoms with Crippen molar-refractivity contribution >= 4 is 5.91 Å². The predicted molar refractivity (Wildman–Crippen MR) is 78.7 cm³/mol. The standard InChI is InChI=1S/C16H30N2O/c1-12-8-9-14(11-15(12)17)16(19)18-10-4-7-13-5-2-3-6-13/h12-15H,2-11,17H2,1H3,(H,18,19). The summed E-state index contributed by atoms with van der Waals surface area (Å²) >= 11 is 0. The Kier molecular flexibility index (Phi) is 5.68. The van der Waals surface area contributed by atoms with Crippen molar-refractivity contribution in [2.24, 2.45) is 23.5 Å². The van der Waals surface area contributed by atoms with E-state index in [1.807, 2.05) is 0 Å². The fourth-order valence-corrected chi connectivity index (χ4v) is 3.64.